The standard InChI is InChI=1S/C47H29N3O/c1-2-11-33(12-3-1)45-48-46(34-24-22-32(23-25-34)39-16-8-13-31-10-4-5-14-38(31)39)50-47(49-45)36-27-21-30-20-26-35(28-37(30)29-36)40-17-9-19-43-44(40)41-15-6-7-18-42(41)51-43/h1-29H. The van der Waals surface area contributed by atoms with Crippen molar-refractivity contribution in [1.82, 2.24) is 15.0 Å². The van der Waals surface area contributed by atoms with Gasteiger partial charge in [0.05, 0.1) is 0 Å². The zero-order chi connectivity index (χ0) is 33.7. The second kappa shape index (κ2) is 11.9. The highest BCUT2D eigenvalue weighted by Gasteiger charge is 2.15. The fourth-order valence-corrected chi connectivity index (χ4v) is 7.20. The van der Waals surface area contributed by atoms with Gasteiger partial charge < -0.3 is 4.42 Å². The largest absolute Gasteiger partial charge is 0.456 e. The number of fused-ring (bicyclic) bond motifs is 5. The minimum Gasteiger partial charge on any atom is -0.456 e. The third-order valence-corrected chi connectivity index (χ3v) is 9.72. The van der Waals surface area contributed by atoms with E-state index in [0.717, 1.165) is 66.1 Å². The van der Waals surface area contributed by atoms with Gasteiger partial charge in [-0.05, 0) is 68.1 Å². The van der Waals surface area contributed by atoms with E-state index >= 15 is 0 Å². The van der Waals surface area contributed by atoms with E-state index in [2.05, 4.69) is 127 Å². The molecule has 2 heterocycles. The molecule has 10 aromatic rings. The van der Waals surface area contributed by atoms with Crippen molar-refractivity contribution in [3.63, 3.8) is 0 Å². The van der Waals surface area contributed by atoms with Crippen LogP contribution in [0.2, 0.25) is 0 Å². The molecule has 8 aromatic carbocycles. The Kier molecular flexibility index (Phi) is 6.78. The van der Waals surface area contributed by atoms with E-state index < -0.39 is 0 Å². The van der Waals surface area contributed by atoms with Gasteiger partial charge >= 0.3 is 0 Å². The van der Waals surface area contributed by atoms with Gasteiger partial charge in [-0.1, -0.05) is 152 Å². The quantitative estimate of drug-likeness (QED) is 0.186. The highest BCUT2D eigenvalue weighted by atomic mass is 16.3. The Balaban J connectivity index is 1.08. The lowest BCUT2D eigenvalue weighted by Gasteiger charge is -2.11. The molecule has 0 amide bonds. The summed E-state index contributed by atoms with van der Waals surface area (Å²) in [6, 6.07) is 61.1. The minimum absolute atomic E-state index is 0.632. The lowest BCUT2D eigenvalue weighted by molar-refractivity contribution is 0.669. The summed E-state index contributed by atoms with van der Waals surface area (Å²) in [7, 11) is 0. The van der Waals surface area contributed by atoms with Crippen LogP contribution in [0.15, 0.2) is 180 Å². The maximum Gasteiger partial charge on any atom is 0.164 e. The van der Waals surface area contributed by atoms with Gasteiger partial charge in [0.15, 0.2) is 17.5 Å². The zero-order valence-electron chi connectivity index (χ0n) is 27.5. The number of nitrogens with zero attached hydrogens (tertiary/aromatic N) is 3. The lowest BCUT2D eigenvalue weighted by Crippen LogP contribution is -2.00. The van der Waals surface area contributed by atoms with Crippen LogP contribution in [0.25, 0.3) is 99.9 Å². The van der Waals surface area contributed by atoms with Crippen molar-refractivity contribution in [2.24, 2.45) is 0 Å². The molecule has 0 aliphatic rings. The van der Waals surface area contributed by atoms with Crippen molar-refractivity contribution in [1.29, 1.82) is 0 Å². The summed E-state index contributed by atoms with van der Waals surface area (Å²) in [6.45, 7) is 0. The van der Waals surface area contributed by atoms with Gasteiger partial charge in [0, 0.05) is 27.5 Å². The number of hydrogen-bond donors (Lipinski definition) is 0. The van der Waals surface area contributed by atoms with Gasteiger partial charge in [-0.3, -0.25) is 0 Å². The van der Waals surface area contributed by atoms with Crippen molar-refractivity contribution in [3.8, 4) is 56.4 Å². The third-order valence-electron chi connectivity index (χ3n) is 9.72. The molecule has 4 nitrogen and oxygen atoms in total. The summed E-state index contributed by atoms with van der Waals surface area (Å²) in [6.07, 6.45) is 0. The lowest BCUT2D eigenvalue weighted by atomic mass is 9.96. The molecule has 0 unspecified atom stereocenters. The first-order valence-electron chi connectivity index (χ1n) is 17.1. The first-order chi connectivity index (χ1) is 25.2. The van der Waals surface area contributed by atoms with Crippen molar-refractivity contribution in [2.45, 2.75) is 0 Å². The number of hydrogen-bond acceptors (Lipinski definition) is 4. The van der Waals surface area contributed by atoms with Crippen LogP contribution in [0, 0.1) is 0 Å². The molecule has 51 heavy (non-hydrogen) atoms. The fourth-order valence-electron chi connectivity index (χ4n) is 7.20. The van der Waals surface area contributed by atoms with Crippen LogP contribution in [0.4, 0.5) is 0 Å². The predicted octanol–water partition coefficient (Wildman–Crippen LogP) is 12.4. The molecule has 0 fully saturated rings. The number of rotatable bonds is 5. The van der Waals surface area contributed by atoms with E-state index in [1.165, 1.54) is 16.3 Å². The monoisotopic (exact) mass is 651 g/mol. The molecule has 0 saturated heterocycles. The van der Waals surface area contributed by atoms with Crippen LogP contribution in [-0.4, -0.2) is 15.0 Å². The van der Waals surface area contributed by atoms with Crippen LogP contribution >= 0.6 is 0 Å². The van der Waals surface area contributed by atoms with Gasteiger partial charge in [0.25, 0.3) is 0 Å². The molecule has 2 aromatic heterocycles. The summed E-state index contributed by atoms with van der Waals surface area (Å²) in [5.41, 5.74) is 9.22. The molecule has 10 rings (SSSR count). The molecule has 0 aliphatic carbocycles. The molecule has 0 bridgehead atoms. The van der Waals surface area contributed by atoms with Gasteiger partial charge in [-0.25, -0.2) is 15.0 Å². The summed E-state index contributed by atoms with van der Waals surface area (Å²) in [5.74, 6) is 1.91. The average molecular weight is 652 g/mol. The minimum atomic E-state index is 0.632. The SMILES string of the molecule is c1ccc(-c2nc(-c3ccc(-c4cccc5ccccc45)cc3)nc(-c3ccc4ccc(-c5cccc6oc7ccccc7c56)cc4c3)n2)cc1. The van der Waals surface area contributed by atoms with Crippen LogP contribution in [0.3, 0.4) is 0 Å². The fraction of sp³-hybridized carbons (Fsp3) is 0. The van der Waals surface area contributed by atoms with Gasteiger partial charge in [-0.15, -0.1) is 0 Å². The Bertz CT molecular complexity index is 2900. The van der Waals surface area contributed by atoms with Crippen LogP contribution in [0.1, 0.15) is 0 Å². The number of furan rings is 1. The highest BCUT2D eigenvalue weighted by molar-refractivity contribution is 6.13. The first kappa shape index (κ1) is 29.0. The van der Waals surface area contributed by atoms with Crippen molar-refractivity contribution >= 4 is 43.5 Å². The van der Waals surface area contributed by atoms with Crippen molar-refractivity contribution in [3.05, 3.63) is 176 Å². The van der Waals surface area contributed by atoms with E-state index in [1.54, 1.807) is 0 Å². The van der Waals surface area contributed by atoms with Crippen LogP contribution < -0.4 is 0 Å². The number of aromatic nitrogens is 3. The summed E-state index contributed by atoms with van der Waals surface area (Å²) >= 11 is 0. The second-order valence-corrected chi connectivity index (χ2v) is 12.8. The molecule has 4 heteroatoms. The van der Waals surface area contributed by atoms with E-state index in [9.17, 15) is 0 Å². The number of benzene rings is 8. The smallest absolute Gasteiger partial charge is 0.164 e. The molecule has 0 N–H and O–H groups in total. The summed E-state index contributed by atoms with van der Waals surface area (Å²) < 4.78 is 6.20. The first-order valence-corrected chi connectivity index (χ1v) is 17.1. The van der Waals surface area contributed by atoms with Crippen molar-refractivity contribution in [2.75, 3.05) is 0 Å². The third kappa shape index (κ3) is 5.13. The van der Waals surface area contributed by atoms with Crippen molar-refractivity contribution < 1.29 is 4.42 Å². The Morgan fingerprint density at radius 1 is 0.314 bits per heavy atom. The molecule has 0 spiro atoms. The summed E-state index contributed by atoms with van der Waals surface area (Å²) in [5, 5.41) is 6.96. The van der Waals surface area contributed by atoms with Gasteiger partial charge in [0.1, 0.15) is 11.2 Å². The highest BCUT2D eigenvalue weighted by Crippen LogP contribution is 2.38. The maximum absolute atomic E-state index is 6.20. The number of para-hydroxylation sites is 1. The molecule has 0 aliphatic heterocycles. The van der Waals surface area contributed by atoms with Gasteiger partial charge in [0.2, 0.25) is 0 Å². The molecule has 0 radical (unpaired) electrons. The Hall–Kier alpha value is -6.91. The Labute approximate surface area is 294 Å². The van der Waals surface area contributed by atoms with Gasteiger partial charge in [-0.2, -0.15) is 0 Å². The molecule has 0 atom stereocenters. The maximum atomic E-state index is 6.20. The molecular weight excluding hydrogens is 623 g/mol. The molecule has 238 valence electrons. The average Bonchev–Trinajstić information content (AvgIpc) is 3.59. The topological polar surface area (TPSA) is 51.8 Å². The van der Waals surface area contributed by atoms with E-state index in [1.807, 2.05) is 48.5 Å². The summed E-state index contributed by atoms with van der Waals surface area (Å²) in [4.78, 5) is 15.1. The second-order valence-electron chi connectivity index (χ2n) is 12.8. The predicted molar refractivity (Wildman–Crippen MR) is 209 cm³/mol. The van der Waals surface area contributed by atoms with Crippen LogP contribution in [0.5, 0.6) is 0 Å². The van der Waals surface area contributed by atoms with E-state index in [4.69, 9.17) is 19.4 Å². The van der Waals surface area contributed by atoms with E-state index in [0.29, 0.717) is 17.5 Å². The van der Waals surface area contributed by atoms with Crippen LogP contribution in [-0.2, 0) is 0 Å². The molecular formula is C47H29N3O. The normalized spacial score (nSPS) is 11.5. The van der Waals surface area contributed by atoms with E-state index in [-0.39, 0.29) is 0 Å². The Morgan fingerprint density at radius 3 is 1.69 bits per heavy atom. The zero-order valence-corrected chi connectivity index (χ0v) is 27.5. The Morgan fingerprint density at radius 2 is 0.863 bits per heavy atom. The molecule has 0 saturated carbocycles.